The SMILES string of the molecule is CCOP(=O)(OCC)C(CCOCc1cc(Br)ccc1Nc1ccc(C(=O)c2ccccc2C)c(Cl)c1)C(=O)O. The Morgan fingerprint density at radius 2 is 1.73 bits per heavy atom. The van der Waals surface area contributed by atoms with E-state index in [1.165, 1.54) is 0 Å². The average Bonchev–Trinajstić information content (AvgIpc) is 2.90. The Balaban J connectivity index is 1.71. The molecular formula is C29H32BrClNO7P. The van der Waals surface area contributed by atoms with Crippen LogP contribution in [0.2, 0.25) is 5.02 Å². The summed E-state index contributed by atoms with van der Waals surface area (Å²) in [4.78, 5) is 24.8. The predicted molar refractivity (Wildman–Crippen MR) is 160 cm³/mol. The highest BCUT2D eigenvalue weighted by Crippen LogP contribution is 2.54. The second kappa shape index (κ2) is 14.9. The summed E-state index contributed by atoms with van der Waals surface area (Å²) in [5, 5.41) is 13.3. The normalized spacial score (nSPS) is 12.2. The molecule has 11 heteroatoms. The van der Waals surface area contributed by atoms with E-state index in [0.717, 1.165) is 21.3 Å². The molecule has 2 N–H and O–H groups in total. The third kappa shape index (κ3) is 8.26. The molecule has 0 aliphatic rings. The van der Waals surface area contributed by atoms with Crippen LogP contribution >= 0.6 is 35.1 Å². The van der Waals surface area contributed by atoms with Gasteiger partial charge in [-0.1, -0.05) is 51.8 Å². The summed E-state index contributed by atoms with van der Waals surface area (Å²) in [5.74, 6) is -1.41. The molecule has 0 aromatic heterocycles. The summed E-state index contributed by atoms with van der Waals surface area (Å²) in [6.07, 6.45) is -0.0463. The van der Waals surface area contributed by atoms with Gasteiger partial charge in [-0.15, -0.1) is 0 Å². The van der Waals surface area contributed by atoms with Gasteiger partial charge in [-0.05, 0) is 69.2 Å². The van der Waals surface area contributed by atoms with Crippen LogP contribution in [-0.2, 0) is 29.8 Å². The molecule has 0 bridgehead atoms. The van der Waals surface area contributed by atoms with Crippen molar-refractivity contribution in [2.75, 3.05) is 25.1 Å². The summed E-state index contributed by atoms with van der Waals surface area (Å²) in [6.45, 7) is 5.46. The van der Waals surface area contributed by atoms with Crippen molar-refractivity contribution in [1.82, 2.24) is 0 Å². The number of carbonyl (C=O) groups excluding carboxylic acids is 1. The first-order valence-corrected chi connectivity index (χ1v) is 15.5. The number of anilines is 2. The number of carboxylic acids is 1. The number of ether oxygens (including phenoxy) is 1. The maximum absolute atomic E-state index is 13.0. The number of carbonyl (C=O) groups is 2. The fourth-order valence-corrected chi connectivity index (χ4v) is 6.60. The lowest BCUT2D eigenvalue weighted by Gasteiger charge is -2.23. The lowest BCUT2D eigenvalue weighted by atomic mass is 9.99. The molecule has 8 nitrogen and oxygen atoms in total. The van der Waals surface area contributed by atoms with E-state index in [4.69, 9.17) is 25.4 Å². The number of halogens is 2. The standard InChI is InChI=1S/C29H32BrClNO7P/c1-4-38-40(36,39-5-2)27(29(34)35)14-15-37-18-20-16-21(30)10-13-26(20)32-22-11-12-24(25(31)17-22)28(33)23-9-7-6-8-19(23)3/h6-13,16-17,27,32H,4-5,14-15,18H2,1-3H3,(H,34,35). The molecule has 0 spiro atoms. The lowest BCUT2D eigenvalue weighted by Crippen LogP contribution is -2.25. The first-order valence-electron chi connectivity index (χ1n) is 12.7. The first-order chi connectivity index (χ1) is 19.1. The highest BCUT2D eigenvalue weighted by molar-refractivity contribution is 9.10. The quantitative estimate of drug-likeness (QED) is 0.0965. The number of rotatable bonds is 15. The van der Waals surface area contributed by atoms with Crippen molar-refractivity contribution in [3.05, 3.63) is 92.4 Å². The molecule has 1 atom stereocenters. The molecule has 40 heavy (non-hydrogen) atoms. The second-order valence-electron chi connectivity index (χ2n) is 8.84. The van der Waals surface area contributed by atoms with E-state index >= 15 is 0 Å². The van der Waals surface area contributed by atoms with Gasteiger partial charge in [0.1, 0.15) is 0 Å². The minimum absolute atomic E-state index is 0.0224. The lowest BCUT2D eigenvalue weighted by molar-refractivity contribution is -0.137. The third-order valence-corrected chi connectivity index (χ3v) is 9.31. The van der Waals surface area contributed by atoms with Gasteiger partial charge in [0.2, 0.25) is 0 Å². The molecule has 3 rings (SSSR count). The number of aliphatic carboxylic acids is 1. The van der Waals surface area contributed by atoms with Crippen molar-refractivity contribution >= 4 is 58.3 Å². The van der Waals surface area contributed by atoms with Crippen molar-refractivity contribution in [3.8, 4) is 0 Å². The fourth-order valence-electron chi connectivity index (χ4n) is 4.08. The van der Waals surface area contributed by atoms with Crippen LogP contribution < -0.4 is 5.32 Å². The number of hydrogen-bond donors (Lipinski definition) is 2. The van der Waals surface area contributed by atoms with E-state index in [1.807, 2.05) is 43.3 Å². The average molecular weight is 653 g/mol. The summed E-state index contributed by atoms with van der Waals surface area (Å²) in [6, 6.07) is 18.1. The summed E-state index contributed by atoms with van der Waals surface area (Å²) < 4.78 is 30.0. The number of carboxylic acid groups (broad SMARTS) is 1. The first kappa shape index (κ1) is 32.0. The van der Waals surface area contributed by atoms with Crippen LogP contribution in [0.1, 0.15) is 47.3 Å². The minimum Gasteiger partial charge on any atom is -0.481 e. The Kier molecular flexibility index (Phi) is 11.9. The van der Waals surface area contributed by atoms with Gasteiger partial charge in [-0.2, -0.15) is 0 Å². The predicted octanol–water partition coefficient (Wildman–Crippen LogP) is 8.01. The Labute approximate surface area is 247 Å². The third-order valence-electron chi connectivity index (χ3n) is 6.03. The number of nitrogens with one attached hydrogen (secondary N) is 1. The van der Waals surface area contributed by atoms with Crippen molar-refractivity contribution in [3.63, 3.8) is 0 Å². The van der Waals surface area contributed by atoms with Gasteiger partial charge in [0.05, 0.1) is 24.8 Å². The van der Waals surface area contributed by atoms with E-state index < -0.39 is 19.2 Å². The molecule has 0 fully saturated rings. The van der Waals surface area contributed by atoms with Crippen LogP contribution in [0.15, 0.2) is 65.1 Å². The topological polar surface area (TPSA) is 111 Å². The zero-order valence-electron chi connectivity index (χ0n) is 22.5. The molecular weight excluding hydrogens is 621 g/mol. The van der Waals surface area contributed by atoms with Gasteiger partial charge in [0.15, 0.2) is 11.4 Å². The van der Waals surface area contributed by atoms with E-state index in [2.05, 4.69) is 21.2 Å². The Morgan fingerprint density at radius 1 is 1.02 bits per heavy atom. The van der Waals surface area contributed by atoms with E-state index in [1.54, 1.807) is 38.1 Å². The van der Waals surface area contributed by atoms with Crippen molar-refractivity contribution in [2.45, 2.75) is 39.5 Å². The molecule has 0 aliphatic carbocycles. The molecule has 3 aromatic rings. The molecule has 0 radical (unpaired) electrons. The Bertz CT molecular complexity index is 1390. The monoisotopic (exact) mass is 651 g/mol. The molecule has 0 aliphatic heterocycles. The van der Waals surface area contributed by atoms with Gasteiger partial charge in [-0.25, -0.2) is 0 Å². The number of aryl methyl sites for hydroxylation is 1. The number of benzene rings is 3. The zero-order chi connectivity index (χ0) is 29.3. The number of hydrogen-bond acceptors (Lipinski definition) is 7. The maximum atomic E-state index is 13.0. The van der Waals surface area contributed by atoms with E-state index in [0.29, 0.717) is 21.8 Å². The molecule has 0 saturated heterocycles. The molecule has 214 valence electrons. The van der Waals surface area contributed by atoms with Gasteiger partial charge in [0, 0.05) is 39.1 Å². The molecule has 0 saturated carbocycles. The number of ketones is 1. The van der Waals surface area contributed by atoms with Gasteiger partial charge < -0.3 is 24.2 Å². The van der Waals surface area contributed by atoms with Crippen molar-refractivity contribution in [2.24, 2.45) is 0 Å². The van der Waals surface area contributed by atoms with Gasteiger partial charge in [0.25, 0.3) is 0 Å². The Hall–Kier alpha value is -2.52. The molecule has 0 amide bonds. The maximum Gasteiger partial charge on any atom is 0.344 e. The highest BCUT2D eigenvalue weighted by atomic mass is 79.9. The van der Waals surface area contributed by atoms with Crippen LogP contribution in [0.25, 0.3) is 0 Å². The van der Waals surface area contributed by atoms with Crippen molar-refractivity contribution < 1.29 is 33.0 Å². The molecule has 3 aromatic carbocycles. The summed E-state index contributed by atoms with van der Waals surface area (Å²) in [7, 11) is -3.84. The van der Waals surface area contributed by atoms with Crippen LogP contribution in [0.4, 0.5) is 11.4 Å². The fraction of sp³-hybridized carbons (Fsp3) is 0.310. The van der Waals surface area contributed by atoms with Crippen molar-refractivity contribution in [1.29, 1.82) is 0 Å². The minimum atomic E-state index is -3.84. The molecule has 0 heterocycles. The second-order valence-corrected chi connectivity index (χ2v) is 12.4. The summed E-state index contributed by atoms with van der Waals surface area (Å²) in [5.41, 5.74) is 2.74. The highest BCUT2D eigenvalue weighted by Gasteiger charge is 2.40. The van der Waals surface area contributed by atoms with Crippen LogP contribution in [-0.4, -0.2) is 42.3 Å². The largest absolute Gasteiger partial charge is 0.481 e. The summed E-state index contributed by atoms with van der Waals surface area (Å²) >= 11 is 9.98. The smallest absolute Gasteiger partial charge is 0.344 e. The van der Waals surface area contributed by atoms with Gasteiger partial charge >= 0.3 is 13.6 Å². The van der Waals surface area contributed by atoms with E-state index in [-0.39, 0.29) is 38.6 Å². The van der Waals surface area contributed by atoms with Crippen LogP contribution in [0.5, 0.6) is 0 Å². The molecule has 1 unspecified atom stereocenters. The van der Waals surface area contributed by atoms with Gasteiger partial charge in [-0.3, -0.25) is 14.2 Å². The van der Waals surface area contributed by atoms with E-state index in [9.17, 15) is 19.3 Å². The zero-order valence-corrected chi connectivity index (χ0v) is 25.7. The van der Waals surface area contributed by atoms with Crippen LogP contribution in [0.3, 0.4) is 0 Å². The van der Waals surface area contributed by atoms with Crippen LogP contribution in [0, 0.1) is 6.92 Å². The Morgan fingerprint density at radius 3 is 2.35 bits per heavy atom.